The van der Waals surface area contributed by atoms with E-state index in [4.69, 9.17) is 0 Å². The number of amides is 3. The lowest BCUT2D eigenvalue weighted by molar-refractivity contribution is -0.137. The van der Waals surface area contributed by atoms with E-state index in [1.807, 2.05) is 26.0 Å². The highest BCUT2D eigenvalue weighted by Crippen LogP contribution is 2.40. The van der Waals surface area contributed by atoms with Gasteiger partial charge in [0.2, 0.25) is 0 Å². The number of allylic oxidation sites excluding steroid dienone is 5. The van der Waals surface area contributed by atoms with E-state index in [0.29, 0.717) is 0 Å². The Kier molecular flexibility index (Phi) is 7.95. The third-order valence-corrected chi connectivity index (χ3v) is 5.48. The second-order valence-electron chi connectivity index (χ2n) is 7.20. The predicted molar refractivity (Wildman–Crippen MR) is 109 cm³/mol. The van der Waals surface area contributed by atoms with Gasteiger partial charge in [0.1, 0.15) is 5.54 Å². The summed E-state index contributed by atoms with van der Waals surface area (Å²) >= 11 is 0. The quantitative estimate of drug-likeness (QED) is 0.251. The fourth-order valence-electron chi connectivity index (χ4n) is 3.58. The van der Waals surface area contributed by atoms with E-state index in [1.165, 1.54) is 4.90 Å². The van der Waals surface area contributed by atoms with Crippen LogP contribution in [0.2, 0.25) is 0 Å². The first-order valence-corrected chi connectivity index (χ1v) is 9.40. The third-order valence-electron chi connectivity index (χ3n) is 5.48. The van der Waals surface area contributed by atoms with E-state index in [9.17, 15) is 14.4 Å². The Balaban J connectivity index is 3.11. The van der Waals surface area contributed by atoms with Crippen LogP contribution in [0.1, 0.15) is 40.5 Å². The summed E-state index contributed by atoms with van der Waals surface area (Å²) in [6.07, 6.45) is 10.4. The molecular formula is C22H32N2O3. The van der Waals surface area contributed by atoms with Gasteiger partial charge in [-0.2, -0.15) is 0 Å². The van der Waals surface area contributed by atoms with Gasteiger partial charge in [0.15, 0.2) is 5.78 Å². The Bertz CT molecular complexity index is 677. The maximum Gasteiger partial charge on any atom is 0.327 e. The maximum atomic E-state index is 13.2. The van der Waals surface area contributed by atoms with Crippen LogP contribution in [0.25, 0.3) is 0 Å². The van der Waals surface area contributed by atoms with Crippen molar-refractivity contribution < 1.29 is 14.4 Å². The minimum absolute atomic E-state index is 0.0588. The SMILES string of the molecule is C=C[C@@H](C)C(CCC)C1(C)C(=O)N(CC(=O)C(=C)/C=C\C=C\C)C(=O)N1C. The number of hydrogen-bond donors (Lipinski definition) is 0. The molecule has 0 bridgehead atoms. The number of urea groups is 1. The Hall–Kier alpha value is -2.43. The highest BCUT2D eigenvalue weighted by Gasteiger charge is 2.57. The fraction of sp³-hybridized carbons (Fsp3) is 0.500. The number of Topliss-reactive ketones (excluding diaryl/α,β-unsaturated/α-hetero) is 1. The zero-order valence-corrected chi connectivity index (χ0v) is 17.2. The molecule has 27 heavy (non-hydrogen) atoms. The van der Waals surface area contributed by atoms with Gasteiger partial charge in [-0.3, -0.25) is 14.5 Å². The average molecular weight is 373 g/mol. The van der Waals surface area contributed by atoms with E-state index in [1.54, 1.807) is 32.2 Å². The van der Waals surface area contributed by atoms with Crippen molar-refractivity contribution in [3.8, 4) is 0 Å². The first-order valence-electron chi connectivity index (χ1n) is 9.40. The molecule has 5 heteroatoms. The summed E-state index contributed by atoms with van der Waals surface area (Å²) in [4.78, 5) is 40.9. The molecule has 1 aliphatic rings. The number of carbonyl (C=O) groups excluding carboxylic acids is 3. The molecule has 0 aromatic rings. The number of likely N-dealkylation sites (N-methyl/N-ethyl adjacent to an activating group) is 1. The first-order chi connectivity index (χ1) is 12.7. The Labute approximate surface area is 163 Å². The molecule has 1 fully saturated rings. The van der Waals surface area contributed by atoms with Crippen molar-refractivity contribution in [1.82, 2.24) is 9.80 Å². The van der Waals surface area contributed by atoms with Gasteiger partial charge in [0, 0.05) is 12.6 Å². The lowest BCUT2D eigenvalue weighted by Gasteiger charge is -2.39. The molecule has 0 aliphatic carbocycles. The fourth-order valence-corrected chi connectivity index (χ4v) is 3.58. The number of hydrogen-bond acceptors (Lipinski definition) is 3. The zero-order valence-electron chi connectivity index (χ0n) is 17.2. The monoisotopic (exact) mass is 372 g/mol. The molecule has 148 valence electrons. The summed E-state index contributed by atoms with van der Waals surface area (Å²) in [5.74, 6) is -0.692. The van der Waals surface area contributed by atoms with Crippen LogP contribution in [0.3, 0.4) is 0 Å². The molecular weight excluding hydrogens is 340 g/mol. The number of carbonyl (C=O) groups is 3. The van der Waals surface area contributed by atoms with E-state index < -0.39 is 11.6 Å². The molecule has 0 aromatic carbocycles. The van der Waals surface area contributed by atoms with Crippen LogP contribution < -0.4 is 0 Å². The standard InChI is InChI=1S/C22H32N2O3/c1-8-11-12-14-17(5)19(25)15-24-20(26)22(6,23(7)21(24)27)18(13-9-2)16(4)10-3/h8,10-12,14,16,18H,3,5,9,13,15H2,1-2,4,6-7H3/b11-8+,14-12-/t16-,18?,22?/m1/s1. The van der Waals surface area contributed by atoms with Crippen LogP contribution >= 0.6 is 0 Å². The molecule has 0 radical (unpaired) electrons. The van der Waals surface area contributed by atoms with Crippen LogP contribution in [0.15, 0.2) is 49.1 Å². The number of nitrogens with zero attached hydrogens (tertiary/aromatic N) is 2. The van der Waals surface area contributed by atoms with Gasteiger partial charge in [0.25, 0.3) is 5.91 Å². The number of rotatable bonds is 10. The van der Waals surface area contributed by atoms with Crippen molar-refractivity contribution in [1.29, 1.82) is 0 Å². The summed E-state index contributed by atoms with van der Waals surface area (Å²) in [6.45, 7) is 15.0. The zero-order chi connectivity index (χ0) is 20.8. The topological polar surface area (TPSA) is 57.7 Å². The smallest absolute Gasteiger partial charge is 0.313 e. The number of ketones is 1. The summed E-state index contributed by atoms with van der Waals surface area (Å²) in [6, 6.07) is -0.446. The summed E-state index contributed by atoms with van der Waals surface area (Å²) in [7, 11) is 1.63. The largest absolute Gasteiger partial charge is 0.327 e. The van der Waals surface area contributed by atoms with Crippen molar-refractivity contribution in [3.63, 3.8) is 0 Å². The molecule has 1 aliphatic heterocycles. The highest BCUT2D eigenvalue weighted by molar-refractivity contribution is 6.11. The Morgan fingerprint density at radius 3 is 2.44 bits per heavy atom. The van der Waals surface area contributed by atoms with Gasteiger partial charge >= 0.3 is 6.03 Å². The van der Waals surface area contributed by atoms with E-state index in [2.05, 4.69) is 20.1 Å². The number of imide groups is 1. The van der Waals surface area contributed by atoms with E-state index in [0.717, 1.165) is 17.7 Å². The van der Waals surface area contributed by atoms with Gasteiger partial charge < -0.3 is 4.90 Å². The minimum atomic E-state index is -0.997. The molecule has 3 atom stereocenters. The minimum Gasteiger partial charge on any atom is -0.313 e. The molecule has 0 aromatic heterocycles. The van der Waals surface area contributed by atoms with Crippen molar-refractivity contribution in [3.05, 3.63) is 49.1 Å². The molecule has 1 saturated heterocycles. The van der Waals surface area contributed by atoms with Crippen LogP contribution in [0.4, 0.5) is 4.79 Å². The summed E-state index contributed by atoms with van der Waals surface area (Å²) < 4.78 is 0. The molecule has 5 nitrogen and oxygen atoms in total. The molecule has 0 spiro atoms. The lowest BCUT2D eigenvalue weighted by atomic mass is 9.74. The van der Waals surface area contributed by atoms with Crippen molar-refractivity contribution >= 4 is 17.7 Å². The molecule has 1 rings (SSSR count). The van der Waals surface area contributed by atoms with Gasteiger partial charge in [-0.25, -0.2) is 4.79 Å². The molecule has 3 amide bonds. The Morgan fingerprint density at radius 2 is 1.93 bits per heavy atom. The second kappa shape index (κ2) is 9.49. The van der Waals surface area contributed by atoms with Crippen molar-refractivity contribution in [2.75, 3.05) is 13.6 Å². The molecule has 2 unspecified atom stereocenters. The van der Waals surface area contributed by atoms with Crippen LogP contribution in [0, 0.1) is 11.8 Å². The van der Waals surface area contributed by atoms with Crippen LogP contribution in [0.5, 0.6) is 0 Å². The molecule has 0 saturated carbocycles. The highest BCUT2D eigenvalue weighted by atomic mass is 16.2. The second-order valence-corrected chi connectivity index (χ2v) is 7.20. The molecule has 0 N–H and O–H groups in total. The van der Waals surface area contributed by atoms with Crippen LogP contribution in [-0.2, 0) is 9.59 Å². The predicted octanol–water partition coefficient (Wildman–Crippen LogP) is 4.14. The van der Waals surface area contributed by atoms with Crippen LogP contribution in [-0.4, -0.2) is 46.7 Å². The maximum absolute atomic E-state index is 13.2. The van der Waals surface area contributed by atoms with E-state index >= 15 is 0 Å². The van der Waals surface area contributed by atoms with Gasteiger partial charge in [0.05, 0.1) is 6.54 Å². The van der Waals surface area contributed by atoms with E-state index in [-0.39, 0.29) is 35.6 Å². The van der Waals surface area contributed by atoms with Gasteiger partial charge in [-0.1, -0.05) is 57.2 Å². The Morgan fingerprint density at radius 1 is 1.30 bits per heavy atom. The molecule has 1 heterocycles. The summed E-state index contributed by atoms with van der Waals surface area (Å²) in [5.41, 5.74) is -0.738. The third kappa shape index (κ3) is 4.46. The lowest BCUT2D eigenvalue weighted by Crippen LogP contribution is -2.53. The van der Waals surface area contributed by atoms with Gasteiger partial charge in [-0.15, -0.1) is 6.58 Å². The normalized spacial score (nSPS) is 22.7. The summed E-state index contributed by atoms with van der Waals surface area (Å²) in [5, 5.41) is 0. The van der Waals surface area contributed by atoms with Crippen molar-refractivity contribution in [2.45, 2.75) is 46.1 Å². The van der Waals surface area contributed by atoms with Gasteiger partial charge in [-0.05, 0) is 32.1 Å². The van der Waals surface area contributed by atoms with Crippen molar-refractivity contribution in [2.24, 2.45) is 11.8 Å². The first kappa shape index (κ1) is 22.6. The average Bonchev–Trinajstić information content (AvgIpc) is 2.81.